The highest BCUT2D eigenvalue weighted by Crippen LogP contribution is 2.29. The van der Waals surface area contributed by atoms with E-state index in [0.717, 1.165) is 37.7 Å². The average molecular weight is 384 g/mol. The van der Waals surface area contributed by atoms with Gasteiger partial charge in [-0.05, 0) is 12.1 Å². The average Bonchev–Trinajstić information content (AvgIpc) is 2.61. The minimum Gasteiger partial charge on any atom is -0.337 e. The molecule has 0 amide bonds. The third-order valence-electron chi connectivity index (χ3n) is 4.52. The number of anilines is 1. The zero-order valence-corrected chi connectivity index (χ0v) is 16.2. The maximum Gasteiger partial charge on any atom is 0.295 e. The molecule has 9 nitrogen and oxygen atoms in total. The van der Waals surface area contributed by atoms with Crippen LogP contribution in [0.5, 0.6) is 0 Å². The predicted octanol–water partition coefficient (Wildman–Crippen LogP) is 0.702. The second kappa shape index (κ2) is 8.56. The number of quaternary nitrogens is 1. The number of likely N-dealkylation sites (tertiary alicyclic amines) is 1. The number of hydrogen-bond donors (Lipinski definition) is 2. The number of nitro groups is 1. The topological polar surface area (TPSA) is 109 Å². The van der Waals surface area contributed by atoms with Crippen LogP contribution < -0.4 is 10.3 Å². The van der Waals surface area contributed by atoms with Crippen LogP contribution >= 0.6 is 0 Å². The molecular formula is C16H26N5O4S+. The van der Waals surface area contributed by atoms with Gasteiger partial charge in [0.2, 0.25) is 10.0 Å². The number of benzene rings is 1. The molecule has 0 saturated carbocycles. The van der Waals surface area contributed by atoms with E-state index in [0.29, 0.717) is 13.1 Å². The summed E-state index contributed by atoms with van der Waals surface area (Å²) in [6, 6.07) is 3.87. The second-order valence-electron chi connectivity index (χ2n) is 6.27. The molecule has 10 heteroatoms. The van der Waals surface area contributed by atoms with E-state index in [2.05, 4.69) is 17.6 Å². The monoisotopic (exact) mass is 384 g/mol. The molecule has 1 heterocycles. The molecule has 1 aromatic carbocycles. The lowest BCUT2D eigenvalue weighted by atomic mass is 10.1. The first-order valence-electron chi connectivity index (χ1n) is 8.70. The normalized spacial score (nSPS) is 18.0. The highest BCUT2D eigenvalue weighted by atomic mass is 32.2. The molecule has 144 valence electrons. The lowest BCUT2D eigenvalue weighted by molar-refractivity contribution is -0.880. The first kappa shape index (κ1) is 20.3. The quantitative estimate of drug-likeness (QED) is 0.531. The summed E-state index contributed by atoms with van der Waals surface area (Å²) in [5, 5.41) is 15.7. The van der Waals surface area contributed by atoms with Crippen LogP contribution in [0.2, 0.25) is 0 Å². The summed E-state index contributed by atoms with van der Waals surface area (Å²) in [6.07, 6.45) is 1.67. The zero-order chi connectivity index (χ0) is 19.3. The molecule has 0 bridgehead atoms. The Balaban J connectivity index is 2.29. The Hall–Kier alpha value is -2.04. The number of hydrogen-bond acceptors (Lipinski definition) is 6. The molecule has 0 unspecified atom stereocenters. The zero-order valence-electron chi connectivity index (χ0n) is 15.4. The van der Waals surface area contributed by atoms with E-state index in [1.165, 1.54) is 21.3 Å². The summed E-state index contributed by atoms with van der Waals surface area (Å²) in [6.45, 7) is 6.01. The van der Waals surface area contributed by atoms with Crippen LogP contribution in [0, 0.1) is 10.1 Å². The van der Waals surface area contributed by atoms with Crippen molar-refractivity contribution in [2.75, 3.05) is 38.7 Å². The van der Waals surface area contributed by atoms with Crippen LogP contribution in [0.15, 0.2) is 28.2 Å². The highest BCUT2D eigenvalue weighted by Gasteiger charge is 2.25. The van der Waals surface area contributed by atoms with Crippen molar-refractivity contribution >= 4 is 27.1 Å². The fraction of sp³-hybridized carbons (Fsp3) is 0.562. The summed E-state index contributed by atoms with van der Waals surface area (Å²) in [4.78, 5) is 12.2. The van der Waals surface area contributed by atoms with Gasteiger partial charge in [-0.15, -0.1) is 0 Å². The first-order chi connectivity index (χ1) is 12.3. The lowest BCUT2D eigenvalue weighted by Gasteiger charge is -2.20. The molecule has 26 heavy (non-hydrogen) atoms. The predicted molar refractivity (Wildman–Crippen MR) is 100 cm³/mol. The molecule has 2 N–H and O–H groups in total. The Labute approximate surface area is 153 Å². The smallest absolute Gasteiger partial charge is 0.295 e. The van der Waals surface area contributed by atoms with E-state index in [9.17, 15) is 18.5 Å². The molecule has 2 rings (SSSR count). The van der Waals surface area contributed by atoms with Gasteiger partial charge in [-0.3, -0.25) is 15.5 Å². The number of hydrazone groups is 1. The summed E-state index contributed by atoms with van der Waals surface area (Å²) in [5.74, 6) is 0. The molecular weight excluding hydrogens is 358 g/mol. The van der Waals surface area contributed by atoms with Gasteiger partial charge in [0.25, 0.3) is 5.69 Å². The molecule has 0 radical (unpaired) electrons. The largest absolute Gasteiger partial charge is 0.337 e. The van der Waals surface area contributed by atoms with Crippen molar-refractivity contribution in [3.8, 4) is 0 Å². The van der Waals surface area contributed by atoms with Crippen LogP contribution in [0.1, 0.15) is 26.7 Å². The van der Waals surface area contributed by atoms with Gasteiger partial charge in [-0.25, -0.2) is 8.42 Å². The van der Waals surface area contributed by atoms with Gasteiger partial charge in [-0.2, -0.15) is 9.41 Å². The van der Waals surface area contributed by atoms with Crippen molar-refractivity contribution in [3.63, 3.8) is 0 Å². The van der Waals surface area contributed by atoms with E-state index < -0.39 is 14.9 Å². The van der Waals surface area contributed by atoms with E-state index in [1.54, 1.807) is 13.8 Å². The Morgan fingerprint density at radius 2 is 1.88 bits per heavy atom. The minimum absolute atomic E-state index is 0.0889. The Bertz CT molecular complexity index is 780. The molecule has 0 spiro atoms. The fourth-order valence-corrected chi connectivity index (χ4v) is 4.33. The number of nitro benzene ring substituents is 1. The van der Waals surface area contributed by atoms with Gasteiger partial charge in [-0.1, -0.05) is 13.8 Å². The molecule has 0 aliphatic carbocycles. The molecule has 0 atom stereocenters. The van der Waals surface area contributed by atoms with Gasteiger partial charge >= 0.3 is 0 Å². The number of piperidine rings is 1. The van der Waals surface area contributed by atoms with Gasteiger partial charge in [0.15, 0.2) is 0 Å². The Morgan fingerprint density at radius 1 is 1.27 bits per heavy atom. The summed E-state index contributed by atoms with van der Waals surface area (Å²) < 4.78 is 26.4. The maximum atomic E-state index is 12.6. The molecule has 1 aliphatic rings. The minimum atomic E-state index is -3.75. The number of sulfonamides is 1. The van der Waals surface area contributed by atoms with Gasteiger partial charge in [0.05, 0.1) is 30.0 Å². The van der Waals surface area contributed by atoms with Crippen molar-refractivity contribution in [1.82, 2.24) is 4.31 Å². The third kappa shape index (κ3) is 4.57. The molecule has 1 aromatic rings. The summed E-state index contributed by atoms with van der Waals surface area (Å²) in [7, 11) is -1.64. The SMILES string of the molecule is CCN(CC)S(=O)(=O)c1ccc(NN=C2CC[NH+](C)CC2)c([N+](=O)[O-])c1. The van der Waals surface area contributed by atoms with Crippen molar-refractivity contribution in [3.05, 3.63) is 28.3 Å². The summed E-state index contributed by atoms with van der Waals surface area (Å²) in [5.41, 5.74) is 3.59. The van der Waals surface area contributed by atoms with E-state index in [1.807, 2.05) is 0 Å². The second-order valence-corrected chi connectivity index (χ2v) is 8.21. The van der Waals surface area contributed by atoms with Crippen LogP contribution in [-0.2, 0) is 10.0 Å². The van der Waals surface area contributed by atoms with Crippen LogP contribution in [0.25, 0.3) is 0 Å². The maximum absolute atomic E-state index is 12.6. The van der Waals surface area contributed by atoms with E-state index in [4.69, 9.17) is 0 Å². The molecule has 1 aliphatic heterocycles. The van der Waals surface area contributed by atoms with Crippen LogP contribution in [-0.4, -0.2) is 56.6 Å². The van der Waals surface area contributed by atoms with Crippen molar-refractivity contribution in [2.24, 2.45) is 5.10 Å². The number of nitrogens with one attached hydrogen (secondary N) is 2. The van der Waals surface area contributed by atoms with Crippen molar-refractivity contribution in [1.29, 1.82) is 0 Å². The van der Waals surface area contributed by atoms with Crippen molar-refractivity contribution in [2.45, 2.75) is 31.6 Å². The standard InChI is InChI=1S/C16H25N5O4S/c1-4-20(5-2)26(24,25)14-6-7-15(16(12-14)21(22)23)18-17-13-8-10-19(3)11-9-13/h6-7,12,18H,4-5,8-11H2,1-3H3/p+1. The Morgan fingerprint density at radius 3 is 2.42 bits per heavy atom. The lowest BCUT2D eigenvalue weighted by Crippen LogP contribution is -3.10. The molecule has 0 aromatic heterocycles. The van der Waals surface area contributed by atoms with Gasteiger partial charge < -0.3 is 4.90 Å². The highest BCUT2D eigenvalue weighted by molar-refractivity contribution is 7.89. The fourth-order valence-electron chi connectivity index (χ4n) is 2.85. The summed E-state index contributed by atoms with van der Waals surface area (Å²) >= 11 is 0. The van der Waals surface area contributed by atoms with Crippen LogP contribution in [0.4, 0.5) is 11.4 Å². The first-order valence-corrected chi connectivity index (χ1v) is 10.1. The number of nitrogens with zero attached hydrogens (tertiary/aromatic N) is 3. The van der Waals surface area contributed by atoms with E-state index in [-0.39, 0.29) is 16.3 Å². The van der Waals surface area contributed by atoms with Crippen molar-refractivity contribution < 1.29 is 18.2 Å². The van der Waals surface area contributed by atoms with E-state index >= 15 is 0 Å². The third-order valence-corrected chi connectivity index (χ3v) is 6.57. The van der Waals surface area contributed by atoms with Gasteiger partial charge in [0.1, 0.15) is 5.69 Å². The molecule has 1 fully saturated rings. The van der Waals surface area contributed by atoms with Gasteiger partial charge in [0, 0.05) is 37.7 Å². The molecule has 1 saturated heterocycles. The number of rotatable bonds is 7. The van der Waals surface area contributed by atoms with Crippen LogP contribution in [0.3, 0.4) is 0 Å². The Kier molecular flexibility index (Phi) is 6.68.